The van der Waals surface area contributed by atoms with Crippen LogP contribution >= 0.6 is 0 Å². The maximum absolute atomic E-state index is 3.06. The van der Waals surface area contributed by atoms with E-state index in [4.69, 9.17) is 0 Å². The standard InChI is InChI=1S/2C32H25.2CH3.Si.Zr/c2*1-2-9-22-20-31-29(27-16-7-12-23-10-3-5-14-25(23)27)18-19-30(32(31)21-22)28-17-8-13-24-11-4-6-15-26(24)28;;;;/h2*3-8,10-21H,2,9H2,1H3;2*1H3;;/q4*-1;;. The Hall–Kier alpha value is -6.44. The third kappa shape index (κ3) is 9.13. The molecular weight excluding hydrogens is 912 g/mol. The molecule has 0 aromatic heterocycles. The molecule has 12 aromatic carbocycles. The van der Waals surface area contributed by atoms with Crippen LogP contribution in [0.1, 0.15) is 37.8 Å². The van der Waals surface area contributed by atoms with Gasteiger partial charge in [-0.2, -0.15) is 12.1 Å². The summed E-state index contributed by atoms with van der Waals surface area (Å²) in [6, 6.07) is 80.4. The van der Waals surface area contributed by atoms with Crippen LogP contribution in [0, 0.1) is 14.9 Å². The Morgan fingerprint density at radius 1 is 0.309 bits per heavy atom. The van der Waals surface area contributed by atoms with E-state index in [0.29, 0.717) is 0 Å². The normalized spacial score (nSPS) is 10.9. The summed E-state index contributed by atoms with van der Waals surface area (Å²) in [5.74, 6) is 0. The summed E-state index contributed by atoms with van der Waals surface area (Å²) >= 11 is 1.36. The van der Waals surface area contributed by atoms with Gasteiger partial charge in [0.05, 0.1) is 0 Å². The van der Waals surface area contributed by atoms with Crippen LogP contribution in [0.2, 0.25) is 0 Å². The molecule has 0 N–H and O–H groups in total. The third-order valence-electron chi connectivity index (χ3n) is 13.3. The maximum atomic E-state index is 3.06. The molecule has 0 saturated carbocycles. The Kier molecular flexibility index (Phi) is 15.3. The van der Waals surface area contributed by atoms with E-state index in [0.717, 1.165) is 25.7 Å². The number of benzene rings is 10. The number of aryl methyl sites for hydroxylation is 2. The summed E-state index contributed by atoms with van der Waals surface area (Å²) in [5, 5.41) is 15.8. The van der Waals surface area contributed by atoms with Crippen molar-refractivity contribution in [2.45, 2.75) is 39.5 Å². The van der Waals surface area contributed by atoms with Crippen molar-refractivity contribution in [3.05, 3.63) is 244 Å². The van der Waals surface area contributed by atoms with Crippen LogP contribution in [-0.2, 0) is 36.2 Å². The van der Waals surface area contributed by atoms with Gasteiger partial charge in [0.15, 0.2) is 0 Å². The first-order valence-corrected chi connectivity index (χ1v) is 27.5. The molecule has 0 aliphatic rings. The monoisotopic (exact) mass is 966 g/mol. The number of fused-ring (bicyclic) bond motifs is 6. The van der Waals surface area contributed by atoms with Gasteiger partial charge in [0.25, 0.3) is 0 Å². The minimum atomic E-state index is 0. The molecule has 0 spiro atoms. The van der Waals surface area contributed by atoms with Gasteiger partial charge < -0.3 is 14.9 Å². The van der Waals surface area contributed by atoms with Crippen molar-refractivity contribution in [2.75, 3.05) is 0 Å². The summed E-state index contributed by atoms with van der Waals surface area (Å²) in [4.78, 5) is 0. The second-order valence-electron chi connectivity index (χ2n) is 17.3. The van der Waals surface area contributed by atoms with Gasteiger partial charge in [-0.25, -0.2) is 0 Å². The number of hydrogen-bond acceptors (Lipinski definition) is 0. The molecule has 0 aliphatic carbocycles. The van der Waals surface area contributed by atoms with Crippen molar-refractivity contribution in [3.8, 4) is 44.5 Å². The van der Waals surface area contributed by atoms with Gasteiger partial charge in [-0.3, -0.25) is 0 Å². The molecule has 0 heterocycles. The molecule has 68 heavy (non-hydrogen) atoms. The van der Waals surface area contributed by atoms with Gasteiger partial charge in [0.1, 0.15) is 0 Å². The van der Waals surface area contributed by atoms with E-state index in [9.17, 15) is 0 Å². The molecule has 0 nitrogen and oxygen atoms in total. The van der Waals surface area contributed by atoms with Crippen LogP contribution in [0.4, 0.5) is 0 Å². The van der Waals surface area contributed by atoms with Crippen molar-refractivity contribution in [1.29, 1.82) is 0 Å². The average Bonchev–Trinajstić information content (AvgIpc) is 4.01. The molecule has 12 aromatic rings. The zero-order chi connectivity index (χ0) is 45.0. The van der Waals surface area contributed by atoms with E-state index in [2.05, 4.69) is 239 Å². The molecule has 0 amide bonds. The van der Waals surface area contributed by atoms with E-state index in [1.54, 1.807) is 0 Å². The number of hydrogen-bond donors (Lipinski definition) is 0. The Morgan fingerprint density at radius 3 is 0.868 bits per heavy atom. The van der Waals surface area contributed by atoms with Crippen molar-refractivity contribution in [3.63, 3.8) is 0 Å². The van der Waals surface area contributed by atoms with Gasteiger partial charge in [0.2, 0.25) is 0 Å². The topological polar surface area (TPSA) is 0 Å². The first-order chi connectivity index (χ1) is 32.7. The zero-order valence-electron chi connectivity index (χ0n) is 39.6. The molecule has 0 bridgehead atoms. The molecular formula is C66H56SiZr-4. The van der Waals surface area contributed by atoms with Crippen molar-refractivity contribution in [2.24, 2.45) is 0 Å². The summed E-state index contributed by atoms with van der Waals surface area (Å²) in [6.07, 6.45) is 4.53. The molecule has 2 heteroatoms. The summed E-state index contributed by atoms with van der Waals surface area (Å²) in [5.41, 5.74) is 13.4. The van der Waals surface area contributed by atoms with Crippen molar-refractivity contribution < 1.29 is 23.3 Å². The molecule has 0 aliphatic heterocycles. The third-order valence-corrected chi connectivity index (χ3v) is 13.3. The fraction of sp³-hybridized carbons (Fsp3) is 0.0909. The second-order valence-corrected chi connectivity index (χ2v) is 17.3. The van der Waals surface area contributed by atoms with Gasteiger partial charge in [-0.1, -0.05) is 254 Å². The quantitative estimate of drug-likeness (QED) is 0.105. The first-order valence-electron chi connectivity index (χ1n) is 23.3. The Balaban J connectivity index is 0.000000173. The van der Waals surface area contributed by atoms with Crippen molar-refractivity contribution >= 4 is 71.5 Å². The molecule has 0 saturated heterocycles. The summed E-state index contributed by atoms with van der Waals surface area (Å²) in [7, 11) is 0. The van der Waals surface area contributed by atoms with Gasteiger partial charge in [-0.15, -0.1) is 44.8 Å². The molecule has 0 fully saturated rings. The fourth-order valence-corrected chi connectivity index (χ4v) is 10.4. The van der Waals surface area contributed by atoms with Crippen molar-refractivity contribution in [1.82, 2.24) is 0 Å². The second kappa shape index (κ2) is 21.7. The molecule has 0 unspecified atom stereocenters. The van der Waals surface area contributed by atoms with E-state index in [1.807, 2.05) is 0 Å². The van der Waals surface area contributed by atoms with E-state index in [1.165, 1.54) is 144 Å². The van der Waals surface area contributed by atoms with Crippen LogP contribution in [-0.4, -0.2) is 6.88 Å². The molecule has 2 radical (unpaired) electrons. The van der Waals surface area contributed by atoms with E-state index >= 15 is 0 Å². The summed E-state index contributed by atoms with van der Waals surface area (Å²) in [6.45, 7) is 7.58. The Bertz CT molecular complexity index is 3180. The van der Waals surface area contributed by atoms with Gasteiger partial charge in [-0.05, 0) is 67.1 Å². The molecule has 0 atom stereocenters. The fourth-order valence-electron chi connectivity index (χ4n) is 10.4. The Morgan fingerprint density at radius 2 is 0.559 bits per heavy atom. The van der Waals surface area contributed by atoms with E-state index in [-0.39, 0.29) is 14.9 Å². The molecule has 12 rings (SSSR count). The predicted octanol–water partition coefficient (Wildman–Crippen LogP) is 18.8. The van der Waals surface area contributed by atoms with Gasteiger partial charge in [0, 0.05) is 0 Å². The van der Waals surface area contributed by atoms with Crippen LogP contribution in [0.25, 0.3) is 109 Å². The van der Waals surface area contributed by atoms with E-state index < -0.39 is 0 Å². The first kappa shape index (κ1) is 48.0. The van der Waals surface area contributed by atoms with Crippen LogP contribution in [0.15, 0.2) is 218 Å². The SMILES string of the molecule is CCCc1cc2c(-c3cccc4ccccc34)ccc(-c3cccc4ccccc34)c2[cH-]1.CCCc1cc2c(-c3cccc4ccccc34)ccc(-c3cccc4ccccc34)c2[cH-]1.[CH3-].[CH3-].[Si]=[Zr]. The minimum absolute atomic E-state index is 0. The average molecular weight is 968 g/mol. The number of rotatable bonds is 8. The summed E-state index contributed by atoms with van der Waals surface area (Å²) < 4.78 is 0. The van der Waals surface area contributed by atoms with Crippen LogP contribution < -0.4 is 0 Å². The molecule has 332 valence electrons. The predicted molar refractivity (Wildman–Crippen MR) is 297 cm³/mol. The van der Waals surface area contributed by atoms with Gasteiger partial charge >= 0.3 is 30.2 Å². The van der Waals surface area contributed by atoms with Crippen LogP contribution in [0.5, 0.6) is 0 Å². The zero-order valence-corrected chi connectivity index (χ0v) is 43.1. The van der Waals surface area contributed by atoms with Crippen LogP contribution in [0.3, 0.4) is 0 Å². The Labute approximate surface area is 420 Å².